The van der Waals surface area contributed by atoms with Crippen LogP contribution in [0.1, 0.15) is 102 Å². The largest absolute Gasteiger partial charge is 0.481 e. The molecule has 0 saturated heterocycles. The number of carboxylic acids is 2. The number of aliphatic hydroxyl groups excluding tert-OH is 1. The number of thiocarbonyl (C=S) groups is 2. The Labute approximate surface area is 342 Å². The molecular weight excluding hydrogens is 813 g/mol. The van der Waals surface area contributed by atoms with Crippen molar-refractivity contribution in [1.29, 1.82) is 0 Å². The number of esters is 3. The number of carboxylic acid groups (broad SMARTS) is 2. The number of carbonyl (C=O) groups is 8. The van der Waals surface area contributed by atoms with E-state index in [1.165, 1.54) is 67.8 Å². The second-order valence-electron chi connectivity index (χ2n) is 9.56. The van der Waals surface area contributed by atoms with Crippen molar-refractivity contribution >= 4 is 126 Å². The van der Waals surface area contributed by atoms with Crippen molar-refractivity contribution in [2.24, 2.45) is 0 Å². The highest BCUT2D eigenvalue weighted by molar-refractivity contribution is 8.48. The summed E-state index contributed by atoms with van der Waals surface area (Å²) in [7, 11) is 0. The third-order valence-electron chi connectivity index (χ3n) is 4.75. The second kappa shape index (κ2) is 42.6. The van der Waals surface area contributed by atoms with Gasteiger partial charge < -0.3 is 43.9 Å². The fourth-order valence-electron chi connectivity index (χ4n) is 2.25. The van der Waals surface area contributed by atoms with Crippen molar-refractivity contribution < 1.29 is 67.9 Å². The Morgan fingerprint density at radius 3 is 1.26 bits per heavy atom. The molecular formula is C33H58O14S6. The van der Waals surface area contributed by atoms with E-state index in [1.807, 2.05) is 13.8 Å². The maximum absolute atomic E-state index is 11.6. The second-order valence-corrected chi connectivity index (χ2v) is 17.2. The Morgan fingerprint density at radius 2 is 0.943 bits per heavy atom. The first-order valence-corrected chi connectivity index (χ1v) is 20.0. The first-order chi connectivity index (χ1) is 23.7. The number of carbonyl (C=O) groups excluding carboxylic acids is 6. The van der Waals surface area contributed by atoms with E-state index >= 15 is 0 Å². The minimum Gasteiger partial charge on any atom is -0.481 e. The van der Waals surface area contributed by atoms with Crippen LogP contribution in [0, 0.1) is 0 Å². The van der Waals surface area contributed by atoms with Crippen LogP contribution in [0.15, 0.2) is 0 Å². The van der Waals surface area contributed by atoms with Crippen molar-refractivity contribution in [1.82, 2.24) is 0 Å². The topological polar surface area (TPSA) is 225 Å². The van der Waals surface area contributed by atoms with Crippen LogP contribution in [0.4, 0.5) is 0 Å². The van der Waals surface area contributed by atoms with Crippen molar-refractivity contribution in [3.8, 4) is 0 Å². The van der Waals surface area contributed by atoms with Crippen LogP contribution in [0.25, 0.3) is 0 Å². The number of hydrogen-bond acceptors (Lipinski definition) is 18. The summed E-state index contributed by atoms with van der Waals surface area (Å²) in [6.45, 7) is 11.4. The van der Waals surface area contributed by atoms with Gasteiger partial charge in [-0.25, -0.2) is 0 Å². The molecule has 0 aliphatic carbocycles. The number of Topliss-reactive ketones (excluding diaryl/α,β-unsaturated/α-hetero) is 3. The maximum Gasteiger partial charge on any atom is 0.319 e. The molecule has 2 atom stereocenters. The summed E-state index contributed by atoms with van der Waals surface area (Å²) in [5.41, 5.74) is 0. The molecule has 14 nitrogen and oxygen atoms in total. The highest BCUT2D eigenvalue weighted by atomic mass is 32.2. The van der Waals surface area contributed by atoms with Crippen LogP contribution in [-0.2, 0) is 52.6 Å². The van der Waals surface area contributed by atoms with Gasteiger partial charge in [0.2, 0.25) is 0 Å². The lowest BCUT2D eigenvalue weighted by molar-refractivity contribution is -0.152. The zero-order valence-electron chi connectivity index (χ0n) is 29.9. The molecule has 0 aromatic heterocycles. The van der Waals surface area contributed by atoms with Crippen molar-refractivity contribution in [3.63, 3.8) is 0 Å². The van der Waals surface area contributed by atoms with E-state index in [0.29, 0.717) is 7.06 Å². The highest BCUT2D eigenvalue weighted by Crippen LogP contribution is 2.23. The Balaban J connectivity index is -0.000000148. The van der Waals surface area contributed by atoms with Crippen LogP contribution in [0.5, 0.6) is 0 Å². The quantitative estimate of drug-likeness (QED) is 0.0518. The average molecular weight is 871 g/mol. The van der Waals surface area contributed by atoms with E-state index in [2.05, 4.69) is 4.74 Å². The molecule has 310 valence electrons. The lowest BCUT2D eigenvalue weighted by Gasteiger charge is -2.11. The molecule has 0 rings (SSSR count). The van der Waals surface area contributed by atoms with E-state index < -0.39 is 29.1 Å². The lowest BCUT2D eigenvalue weighted by Crippen LogP contribution is -2.21. The Kier molecular flexibility index (Phi) is 50.6. The predicted octanol–water partition coefficient (Wildman–Crippen LogP) is 6.44. The molecule has 0 aromatic carbocycles. The number of thioether (sulfide) groups is 4. The molecule has 53 heavy (non-hydrogen) atoms. The summed E-state index contributed by atoms with van der Waals surface area (Å²) >= 11 is 15.5. The van der Waals surface area contributed by atoms with Crippen LogP contribution in [0.3, 0.4) is 0 Å². The molecule has 0 radical (unpaired) electrons. The molecule has 0 fully saturated rings. The van der Waals surface area contributed by atoms with Gasteiger partial charge in [0.1, 0.15) is 54.7 Å². The minimum atomic E-state index is -0.916. The van der Waals surface area contributed by atoms with Crippen LogP contribution in [-0.4, -0.2) is 118 Å². The SMILES string of the molecule is C.C.CC(=O)CCC(=O)O.CC(=O)CCC(=O)OCCO.CCSC(=S)SC(C)C(=O)O.CCSC(=S)SC(C)C(=O)OCCOC(=O)CCC(C)=O. The molecule has 0 saturated carbocycles. The van der Waals surface area contributed by atoms with E-state index in [4.69, 9.17) is 49.2 Å². The molecule has 0 bridgehead atoms. The number of hydrogen-bond donors (Lipinski definition) is 3. The number of aliphatic hydroxyl groups is 1. The zero-order chi connectivity index (χ0) is 40.4. The molecule has 20 heteroatoms. The molecule has 0 spiro atoms. The minimum absolute atomic E-state index is 0. The first kappa shape index (κ1) is 62.9. The molecule has 0 aliphatic heterocycles. The Morgan fingerprint density at radius 1 is 0.585 bits per heavy atom. The van der Waals surface area contributed by atoms with Gasteiger partial charge in [-0.1, -0.05) is 76.7 Å². The van der Waals surface area contributed by atoms with Crippen molar-refractivity contribution in [3.05, 3.63) is 0 Å². The fraction of sp³-hybridized carbons (Fsp3) is 0.697. The normalized spacial score (nSPS) is 10.4. The van der Waals surface area contributed by atoms with E-state index in [1.54, 1.807) is 13.8 Å². The summed E-state index contributed by atoms with van der Waals surface area (Å²) in [5, 5.41) is 24.0. The van der Waals surface area contributed by atoms with Crippen molar-refractivity contribution in [2.75, 3.05) is 37.9 Å². The summed E-state index contributed by atoms with van der Waals surface area (Å²) in [6.07, 6.45) is 0.640. The van der Waals surface area contributed by atoms with Gasteiger partial charge in [0.05, 0.1) is 25.9 Å². The number of ether oxygens (including phenoxy) is 3. The van der Waals surface area contributed by atoms with Crippen LogP contribution >= 0.6 is 71.5 Å². The third kappa shape index (κ3) is 54.3. The smallest absolute Gasteiger partial charge is 0.319 e. The van der Waals surface area contributed by atoms with Gasteiger partial charge in [0.25, 0.3) is 0 Å². The monoisotopic (exact) mass is 870 g/mol. The maximum atomic E-state index is 11.6. The summed E-state index contributed by atoms with van der Waals surface area (Å²) in [5.74, 6) is -1.43. The zero-order valence-corrected chi connectivity index (χ0v) is 34.8. The highest BCUT2D eigenvalue weighted by Gasteiger charge is 2.17. The van der Waals surface area contributed by atoms with Gasteiger partial charge in [-0.2, -0.15) is 0 Å². The fourth-order valence-corrected chi connectivity index (χ4v) is 7.25. The van der Waals surface area contributed by atoms with Crippen molar-refractivity contribution in [2.45, 2.75) is 112 Å². The van der Waals surface area contributed by atoms with Gasteiger partial charge in [-0.05, 0) is 46.1 Å². The van der Waals surface area contributed by atoms with E-state index in [-0.39, 0.29) is 108 Å². The Bertz CT molecular complexity index is 1100. The molecule has 3 N–H and O–H groups in total. The number of aliphatic carboxylic acids is 2. The van der Waals surface area contributed by atoms with Gasteiger partial charge in [0.15, 0.2) is 0 Å². The number of ketones is 3. The van der Waals surface area contributed by atoms with Gasteiger partial charge in [0, 0.05) is 19.3 Å². The van der Waals surface area contributed by atoms with Gasteiger partial charge >= 0.3 is 29.8 Å². The average Bonchev–Trinajstić information content (AvgIpc) is 3.03. The summed E-state index contributed by atoms with van der Waals surface area (Å²) < 4.78 is 15.7. The Hall–Kier alpha value is -2.10. The van der Waals surface area contributed by atoms with E-state index in [9.17, 15) is 38.4 Å². The molecule has 0 aromatic rings. The molecule has 0 heterocycles. The lowest BCUT2D eigenvalue weighted by atomic mass is 10.2. The van der Waals surface area contributed by atoms with Crippen LogP contribution in [0.2, 0.25) is 0 Å². The molecule has 0 amide bonds. The summed E-state index contributed by atoms with van der Waals surface area (Å²) in [4.78, 5) is 84.7. The molecule has 0 aliphatic rings. The molecule has 2 unspecified atom stereocenters. The summed E-state index contributed by atoms with van der Waals surface area (Å²) in [6, 6.07) is 0. The standard InChI is InChI=1S/C13H20O5S3.C7H12O4.C6H10O2S3.C5H8O3.2CH4/c1-4-20-13(19)21-10(3)12(16)18-8-7-17-11(15)6-5-9(2)14;1-6(9)2-3-7(10)11-5-4-8;1-3-10-6(9)11-4(2)5(7)8;1-4(6)2-3-5(7)8;;/h10H,4-8H2,1-3H3;8H,2-5H2,1H3;4H,3H2,1-2H3,(H,7,8);2-3H2,1H3,(H,7,8);2*1H4. The van der Waals surface area contributed by atoms with E-state index in [0.717, 1.165) is 11.5 Å². The third-order valence-corrected chi connectivity index (χ3v) is 9.85. The number of rotatable bonds is 20. The van der Waals surface area contributed by atoms with Gasteiger partial charge in [-0.15, -0.1) is 23.5 Å². The predicted molar refractivity (Wildman–Crippen MR) is 224 cm³/mol. The van der Waals surface area contributed by atoms with Gasteiger partial charge in [-0.3, -0.25) is 24.0 Å². The van der Waals surface area contributed by atoms with Crippen LogP contribution < -0.4 is 0 Å². The first-order valence-electron chi connectivity index (χ1n) is 15.4.